The Kier molecular flexibility index (Phi) is 16.4. The molecule has 0 aliphatic carbocycles. The van der Waals surface area contributed by atoms with E-state index < -0.39 is 53.0 Å². The van der Waals surface area contributed by atoms with E-state index in [-0.39, 0.29) is 75.1 Å². The van der Waals surface area contributed by atoms with E-state index in [9.17, 15) is 28.4 Å². The second-order valence-corrected chi connectivity index (χ2v) is 15.9. The predicted octanol–water partition coefficient (Wildman–Crippen LogP) is 4.29. The zero-order valence-corrected chi connectivity index (χ0v) is 32.7. The third-order valence-electron chi connectivity index (χ3n) is 9.27. The number of benzene rings is 2. The van der Waals surface area contributed by atoms with Gasteiger partial charge in [0.25, 0.3) is 0 Å². The molecular formula is C40H51F3N6O6S. The van der Waals surface area contributed by atoms with Gasteiger partial charge in [-0.1, -0.05) is 51.1 Å². The van der Waals surface area contributed by atoms with E-state index in [1.54, 1.807) is 17.2 Å². The highest BCUT2D eigenvalue weighted by molar-refractivity contribution is 7.99. The zero-order valence-electron chi connectivity index (χ0n) is 31.9. The maximum absolute atomic E-state index is 15.1. The van der Waals surface area contributed by atoms with Gasteiger partial charge in [0.15, 0.2) is 0 Å². The number of halogens is 3. The Morgan fingerprint density at radius 3 is 2.29 bits per heavy atom. The minimum absolute atomic E-state index is 0.00990. The van der Waals surface area contributed by atoms with E-state index in [0.717, 1.165) is 23.8 Å². The highest BCUT2D eigenvalue weighted by atomic mass is 32.2. The number of carbonyl (C=O) groups excluding carboxylic acids is 4. The van der Waals surface area contributed by atoms with Crippen molar-refractivity contribution in [2.75, 3.05) is 50.8 Å². The Bertz CT molecular complexity index is 1820. The number of carboxylic acids is 1. The fourth-order valence-corrected chi connectivity index (χ4v) is 7.36. The summed E-state index contributed by atoms with van der Waals surface area (Å²) >= 11 is 1.27. The van der Waals surface area contributed by atoms with Crippen molar-refractivity contribution in [2.45, 2.75) is 58.8 Å². The number of aliphatic carboxylic acids is 1. The van der Waals surface area contributed by atoms with Crippen LogP contribution in [0.1, 0.15) is 57.3 Å². The first kappa shape index (κ1) is 43.9. The molecule has 1 aliphatic heterocycles. The van der Waals surface area contributed by atoms with Gasteiger partial charge in [-0.25, -0.2) is 13.2 Å². The summed E-state index contributed by atoms with van der Waals surface area (Å²) in [7, 11) is 0. The van der Waals surface area contributed by atoms with Crippen LogP contribution in [0.25, 0.3) is 11.1 Å². The highest BCUT2D eigenvalue weighted by Crippen LogP contribution is 2.42. The maximum atomic E-state index is 15.1. The zero-order chi connectivity index (χ0) is 40.8. The first-order valence-electron chi connectivity index (χ1n) is 18.6. The van der Waals surface area contributed by atoms with Gasteiger partial charge in [-0.2, -0.15) is 11.8 Å². The number of alkyl halides is 1. The number of rotatable bonds is 20. The van der Waals surface area contributed by atoms with Crippen LogP contribution >= 0.6 is 11.8 Å². The molecule has 0 bridgehead atoms. The van der Waals surface area contributed by atoms with Crippen LogP contribution in [0, 0.1) is 23.0 Å². The van der Waals surface area contributed by atoms with Crippen LogP contribution < -0.4 is 21.3 Å². The quantitative estimate of drug-likeness (QED) is 0.106. The number of hydrogen-bond acceptors (Lipinski definition) is 7. The van der Waals surface area contributed by atoms with Crippen LogP contribution in [0.2, 0.25) is 0 Å². The van der Waals surface area contributed by atoms with Crippen LogP contribution in [0.3, 0.4) is 0 Å². The normalized spacial score (nSPS) is 15.9. The minimum atomic E-state index is -1.16. The summed E-state index contributed by atoms with van der Waals surface area (Å²) in [6.45, 7) is 6.95. The standard InChI is InChI=1S/C40H51F3N6O6S/c1-40(2,3)39(33-17-27(30-18-29(41)9-10-31(30)42)23-48(33)22-26-7-5-4-6-8-26)49(24-28-19-44-20-32(28)43)37(53)25-56-16-13-35(51)45-14-15-46-36(52)21-47-34(50)11-12-38(54)55/h4-10,17-18,23,28,32,39,44H,11-16,19-22,24-25H2,1-3H3,(H,45,51)(H,46,52)(H,47,50)(H,54,55)/t28-,32-,39-/m0/s1. The summed E-state index contributed by atoms with van der Waals surface area (Å²) in [5.41, 5.74) is 1.58. The van der Waals surface area contributed by atoms with Gasteiger partial charge in [0.2, 0.25) is 23.6 Å². The molecule has 0 radical (unpaired) electrons. The molecule has 2 aromatic carbocycles. The Labute approximate surface area is 329 Å². The van der Waals surface area contributed by atoms with E-state index in [4.69, 9.17) is 5.11 Å². The largest absolute Gasteiger partial charge is 0.481 e. The van der Waals surface area contributed by atoms with Gasteiger partial charge in [-0.05, 0) is 35.2 Å². The first-order valence-corrected chi connectivity index (χ1v) is 19.7. The molecule has 3 atom stereocenters. The minimum Gasteiger partial charge on any atom is -0.481 e. The lowest BCUT2D eigenvalue weighted by molar-refractivity contribution is -0.139. The van der Waals surface area contributed by atoms with Gasteiger partial charge < -0.3 is 35.8 Å². The lowest BCUT2D eigenvalue weighted by atomic mass is 9.82. The molecule has 4 amide bonds. The van der Waals surface area contributed by atoms with Gasteiger partial charge in [-0.3, -0.25) is 24.0 Å². The van der Waals surface area contributed by atoms with Crippen LogP contribution in [0.5, 0.6) is 0 Å². The maximum Gasteiger partial charge on any atom is 0.303 e. The second-order valence-electron chi connectivity index (χ2n) is 14.8. The molecule has 0 spiro atoms. The number of hydrogen-bond donors (Lipinski definition) is 5. The molecule has 3 aromatic rings. The van der Waals surface area contributed by atoms with Crippen molar-refractivity contribution in [2.24, 2.45) is 11.3 Å². The van der Waals surface area contributed by atoms with Crippen molar-refractivity contribution in [1.82, 2.24) is 30.7 Å². The number of aromatic nitrogens is 1. The molecule has 1 aliphatic rings. The molecule has 304 valence electrons. The summed E-state index contributed by atoms with van der Waals surface area (Å²) in [5.74, 6) is -4.04. The van der Waals surface area contributed by atoms with Crippen molar-refractivity contribution in [3.8, 4) is 11.1 Å². The summed E-state index contributed by atoms with van der Waals surface area (Å²) in [5, 5.41) is 19.3. The van der Waals surface area contributed by atoms with Gasteiger partial charge >= 0.3 is 5.97 Å². The smallest absolute Gasteiger partial charge is 0.303 e. The third-order valence-corrected chi connectivity index (χ3v) is 10.2. The van der Waals surface area contributed by atoms with Gasteiger partial charge in [-0.15, -0.1) is 0 Å². The molecule has 56 heavy (non-hydrogen) atoms. The molecule has 0 unspecified atom stereocenters. The van der Waals surface area contributed by atoms with Gasteiger partial charge in [0.1, 0.15) is 17.8 Å². The van der Waals surface area contributed by atoms with Gasteiger partial charge in [0.05, 0.1) is 24.8 Å². The first-order chi connectivity index (χ1) is 26.6. The molecule has 1 fully saturated rings. The Morgan fingerprint density at radius 2 is 1.62 bits per heavy atom. The summed E-state index contributed by atoms with van der Waals surface area (Å²) in [4.78, 5) is 62.6. The van der Waals surface area contributed by atoms with Crippen molar-refractivity contribution in [1.29, 1.82) is 0 Å². The molecule has 1 aromatic heterocycles. The van der Waals surface area contributed by atoms with Gasteiger partial charge in [0, 0.05) is 86.8 Å². The lowest BCUT2D eigenvalue weighted by Gasteiger charge is -2.42. The van der Waals surface area contributed by atoms with Crippen molar-refractivity contribution in [3.05, 3.63) is 83.7 Å². The topological polar surface area (TPSA) is 162 Å². The van der Waals surface area contributed by atoms with Crippen molar-refractivity contribution >= 4 is 41.4 Å². The van der Waals surface area contributed by atoms with E-state index >= 15 is 8.78 Å². The molecule has 1 saturated heterocycles. The molecule has 4 rings (SSSR count). The summed E-state index contributed by atoms with van der Waals surface area (Å²) < 4.78 is 46.6. The van der Waals surface area contributed by atoms with Crippen LogP contribution in [-0.4, -0.2) is 101 Å². The number of nitrogens with zero attached hydrogens (tertiary/aromatic N) is 2. The van der Waals surface area contributed by atoms with Crippen LogP contribution in [0.4, 0.5) is 13.2 Å². The SMILES string of the molecule is CC(C)(C)[C@H](c1cc(-c2cc(F)ccc2F)cn1Cc1ccccc1)N(C[C@@H]1CNC[C@@H]1F)C(=O)CSCCC(=O)NCCNC(=O)CNC(=O)CCC(=O)O. The molecule has 16 heteroatoms. The molecule has 12 nitrogen and oxygen atoms in total. The molecular weight excluding hydrogens is 750 g/mol. The Balaban J connectivity index is 1.44. The Hall–Kier alpha value is -4.83. The number of amides is 4. The molecule has 5 N–H and O–H groups in total. The van der Waals surface area contributed by atoms with Crippen LogP contribution in [0.15, 0.2) is 60.8 Å². The van der Waals surface area contributed by atoms with E-state index in [2.05, 4.69) is 21.3 Å². The number of thioether (sulfide) groups is 1. The van der Waals surface area contributed by atoms with E-state index in [1.165, 1.54) is 11.8 Å². The fraction of sp³-hybridized carbons (Fsp3) is 0.475. The van der Waals surface area contributed by atoms with Crippen molar-refractivity contribution < 1.29 is 42.3 Å². The average molecular weight is 801 g/mol. The van der Waals surface area contributed by atoms with Crippen molar-refractivity contribution in [3.63, 3.8) is 0 Å². The average Bonchev–Trinajstić information content (AvgIpc) is 3.75. The van der Waals surface area contributed by atoms with Crippen LogP contribution in [-0.2, 0) is 30.5 Å². The van der Waals surface area contributed by atoms with E-state index in [0.29, 0.717) is 30.1 Å². The predicted molar refractivity (Wildman–Crippen MR) is 208 cm³/mol. The third kappa shape index (κ3) is 13.4. The number of carbonyl (C=O) groups is 5. The second kappa shape index (κ2) is 20.9. The lowest BCUT2D eigenvalue weighted by Crippen LogP contribution is -2.46. The summed E-state index contributed by atoms with van der Waals surface area (Å²) in [6, 6.07) is 14.1. The highest BCUT2D eigenvalue weighted by Gasteiger charge is 2.40. The fourth-order valence-electron chi connectivity index (χ4n) is 6.55. The molecule has 2 heterocycles. The summed E-state index contributed by atoms with van der Waals surface area (Å²) in [6.07, 6.45) is 0.112. The number of carboxylic acid groups (broad SMARTS) is 1. The van der Waals surface area contributed by atoms with E-state index in [1.807, 2.05) is 55.7 Å². The Morgan fingerprint density at radius 1 is 0.929 bits per heavy atom. The number of nitrogens with one attached hydrogen (secondary N) is 4. The molecule has 0 saturated carbocycles. The monoisotopic (exact) mass is 800 g/mol.